The third-order valence-electron chi connectivity index (χ3n) is 9.26. The topological polar surface area (TPSA) is 75.3 Å². The van der Waals surface area contributed by atoms with E-state index in [4.69, 9.17) is 26.9 Å². The first-order chi connectivity index (χ1) is 24.5. The molecule has 1 saturated heterocycles. The van der Waals surface area contributed by atoms with Gasteiger partial charge in [0.05, 0.1) is 16.7 Å². The number of fused-ring (bicyclic) bond motifs is 1. The van der Waals surface area contributed by atoms with Crippen molar-refractivity contribution in [2.75, 3.05) is 38.5 Å². The summed E-state index contributed by atoms with van der Waals surface area (Å²) in [6, 6.07) is 17.5. The molecule has 10 heteroatoms. The molecule has 0 radical (unpaired) electrons. The molecule has 1 aliphatic carbocycles. The number of thiol groups is 1. The highest BCUT2D eigenvalue weighted by Gasteiger charge is 2.33. The number of hydrogen-bond donors (Lipinski definition) is 2. The Morgan fingerprint density at radius 3 is 2.71 bits per heavy atom. The first kappa shape index (κ1) is 40.0. The molecular weight excluding hydrogens is 696 g/mol. The molecule has 1 N–H and O–H groups in total. The van der Waals surface area contributed by atoms with Crippen LogP contribution in [-0.4, -0.2) is 48.7 Å². The number of ether oxygens (including phenoxy) is 1. The molecule has 0 spiro atoms. The van der Waals surface area contributed by atoms with E-state index in [1.54, 1.807) is 36.8 Å². The fourth-order valence-corrected chi connectivity index (χ4v) is 7.32. The van der Waals surface area contributed by atoms with Crippen LogP contribution in [0.4, 0.5) is 10.1 Å². The van der Waals surface area contributed by atoms with Gasteiger partial charge in [0.1, 0.15) is 18.0 Å². The Morgan fingerprint density at radius 1 is 1.22 bits per heavy atom. The van der Waals surface area contributed by atoms with Crippen molar-refractivity contribution in [3.63, 3.8) is 0 Å². The SMILES string of the molecule is C=C/C=C\C(=C(\C)Cc1cccc2c1CCC2)N(C)CCN1CCC(C)(F)C1.N#CNc1cc(C#N)cc(COc2cc(S)c(Cl)cc2CP)c1. The summed E-state index contributed by atoms with van der Waals surface area (Å²) in [4.78, 5) is 5.19. The van der Waals surface area contributed by atoms with Gasteiger partial charge in [-0.2, -0.15) is 10.5 Å². The van der Waals surface area contributed by atoms with Gasteiger partial charge in [0.25, 0.3) is 0 Å². The summed E-state index contributed by atoms with van der Waals surface area (Å²) in [5, 5.41) is 20.9. The number of hydrogen-bond acceptors (Lipinski definition) is 7. The molecule has 6 nitrogen and oxygen atoms in total. The number of aryl methyl sites for hydroxylation is 1. The maximum absolute atomic E-state index is 14.1. The minimum Gasteiger partial charge on any atom is -0.489 e. The van der Waals surface area contributed by atoms with Crippen LogP contribution in [-0.2, 0) is 32.0 Å². The maximum atomic E-state index is 14.1. The van der Waals surface area contributed by atoms with Crippen LogP contribution in [0, 0.1) is 22.8 Å². The lowest BCUT2D eigenvalue weighted by atomic mass is 9.96. The van der Waals surface area contributed by atoms with Crippen molar-refractivity contribution in [2.45, 2.75) is 69.3 Å². The van der Waals surface area contributed by atoms with E-state index in [0.29, 0.717) is 46.0 Å². The van der Waals surface area contributed by atoms with Gasteiger partial charge in [-0.25, -0.2) is 4.39 Å². The van der Waals surface area contributed by atoms with E-state index in [2.05, 4.69) is 87.9 Å². The van der Waals surface area contributed by atoms with Crippen molar-refractivity contribution in [3.8, 4) is 18.0 Å². The van der Waals surface area contributed by atoms with Gasteiger partial charge in [-0.15, -0.1) is 21.9 Å². The summed E-state index contributed by atoms with van der Waals surface area (Å²) in [6.07, 6.45) is 13.9. The standard InChI is InChI=1S/C25H35FN2.C16H13ClN3OPS/c1-5-6-13-24(27(4)16-17-28-15-14-25(3,26)19-28)20(2)18-22-11-7-9-21-10-8-12-23(21)22;17-14-4-12(8-22)15(5-16(14)23)21-7-11-1-10(6-18)2-13(3-11)20-9-19/h5-7,9,11,13H,1,8,10,12,14-19H2,2-4H3;1-5,20,23H,7-8,22H2/b13-6-,24-20+;. The Kier molecular flexibility index (Phi) is 15.0. The smallest absolute Gasteiger partial charge is 0.181 e. The molecule has 0 amide bonds. The molecule has 0 bridgehead atoms. The summed E-state index contributed by atoms with van der Waals surface area (Å²) >= 11 is 10.4. The maximum Gasteiger partial charge on any atom is 0.181 e. The lowest BCUT2D eigenvalue weighted by molar-refractivity contribution is 0.184. The van der Waals surface area contributed by atoms with Crippen LogP contribution >= 0.6 is 33.5 Å². The second-order valence-electron chi connectivity index (χ2n) is 13.4. The molecular formula is C41H48ClFN5OPS. The predicted molar refractivity (Wildman–Crippen MR) is 214 cm³/mol. The van der Waals surface area contributed by atoms with Gasteiger partial charge in [0.15, 0.2) is 6.19 Å². The lowest BCUT2D eigenvalue weighted by Crippen LogP contribution is -2.33. The van der Waals surface area contributed by atoms with Crippen molar-refractivity contribution in [1.29, 1.82) is 10.5 Å². The summed E-state index contributed by atoms with van der Waals surface area (Å²) in [6.45, 7) is 11.3. The molecule has 2 unspecified atom stereocenters. The first-order valence-electron chi connectivity index (χ1n) is 17.2. The Morgan fingerprint density at radius 2 is 2.02 bits per heavy atom. The summed E-state index contributed by atoms with van der Waals surface area (Å²) in [5.41, 5.74) is 8.92. The first-order valence-corrected chi connectivity index (χ1v) is 18.9. The molecule has 2 aliphatic rings. The van der Waals surface area contributed by atoms with Crippen LogP contribution < -0.4 is 10.1 Å². The number of likely N-dealkylation sites (tertiary alicyclic amines) is 1. The number of likely N-dealkylation sites (N-methyl/N-ethyl adjacent to an activating group) is 1. The van der Waals surface area contributed by atoms with Crippen LogP contribution in [0.15, 0.2) is 89.5 Å². The third kappa shape index (κ3) is 11.6. The average Bonchev–Trinajstić information content (AvgIpc) is 3.74. The highest BCUT2D eigenvalue weighted by molar-refractivity contribution is 7.80. The van der Waals surface area contributed by atoms with Gasteiger partial charge in [0.2, 0.25) is 0 Å². The van der Waals surface area contributed by atoms with Gasteiger partial charge in [-0.1, -0.05) is 48.5 Å². The molecule has 2 atom stereocenters. The van der Waals surface area contributed by atoms with Gasteiger partial charge in [-0.05, 0) is 122 Å². The van der Waals surface area contributed by atoms with Crippen LogP contribution in [0.1, 0.15) is 60.1 Å². The second-order valence-corrected chi connectivity index (χ2v) is 14.7. The van der Waals surface area contributed by atoms with E-state index >= 15 is 0 Å². The highest BCUT2D eigenvalue weighted by atomic mass is 35.5. The Labute approximate surface area is 316 Å². The number of benzene rings is 3. The average molecular weight is 744 g/mol. The van der Waals surface area contributed by atoms with Gasteiger partial charge >= 0.3 is 0 Å². The van der Waals surface area contributed by atoms with Gasteiger partial charge in [0, 0.05) is 49.5 Å². The molecule has 3 aromatic rings. The summed E-state index contributed by atoms with van der Waals surface area (Å²) in [7, 11) is 4.77. The van der Waals surface area contributed by atoms with E-state index in [9.17, 15) is 4.39 Å². The Balaban J connectivity index is 0.000000233. The van der Waals surface area contributed by atoms with E-state index in [-0.39, 0.29) is 6.61 Å². The van der Waals surface area contributed by atoms with Crippen molar-refractivity contribution in [3.05, 3.63) is 123 Å². The van der Waals surface area contributed by atoms with Crippen molar-refractivity contribution < 1.29 is 9.13 Å². The number of anilines is 1. The normalized spacial score (nSPS) is 17.1. The number of alkyl halides is 1. The third-order valence-corrected chi connectivity index (χ3v) is 10.5. The van der Waals surface area contributed by atoms with Crippen molar-refractivity contribution >= 4 is 39.2 Å². The number of rotatable bonds is 13. The molecule has 51 heavy (non-hydrogen) atoms. The zero-order valence-electron chi connectivity index (χ0n) is 29.8. The predicted octanol–water partition coefficient (Wildman–Crippen LogP) is 9.45. The highest BCUT2D eigenvalue weighted by Crippen LogP contribution is 2.32. The summed E-state index contributed by atoms with van der Waals surface area (Å²) in [5.74, 6) is 0.687. The number of nitriles is 2. The fourth-order valence-electron chi connectivity index (χ4n) is 6.63. The molecule has 1 fully saturated rings. The van der Waals surface area contributed by atoms with Gasteiger partial charge < -0.3 is 9.64 Å². The Bertz CT molecular complexity index is 1850. The number of allylic oxidation sites excluding steroid dienone is 4. The fraction of sp³-hybridized carbons (Fsp3) is 0.366. The number of nitrogens with zero attached hydrogens (tertiary/aromatic N) is 4. The van der Waals surface area contributed by atoms with E-state index in [1.165, 1.54) is 41.7 Å². The lowest BCUT2D eigenvalue weighted by Gasteiger charge is -2.26. The molecule has 3 aromatic carbocycles. The molecule has 268 valence electrons. The number of nitrogens with one attached hydrogen (secondary N) is 1. The second kappa shape index (κ2) is 19.2. The largest absolute Gasteiger partial charge is 0.489 e. The van der Waals surface area contributed by atoms with Crippen LogP contribution in [0.5, 0.6) is 5.75 Å². The van der Waals surface area contributed by atoms with Crippen LogP contribution in [0.2, 0.25) is 5.02 Å². The van der Waals surface area contributed by atoms with E-state index < -0.39 is 5.67 Å². The molecule has 0 saturated carbocycles. The quantitative estimate of drug-likeness (QED) is 0.0598. The van der Waals surface area contributed by atoms with Gasteiger partial charge in [-0.3, -0.25) is 10.2 Å². The molecule has 1 heterocycles. The van der Waals surface area contributed by atoms with Crippen molar-refractivity contribution in [2.24, 2.45) is 0 Å². The summed E-state index contributed by atoms with van der Waals surface area (Å²) < 4.78 is 19.9. The van der Waals surface area contributed by atoms with E-state index in [0.717, 1.165) is 37.2 Å². The molecule has 1 aliphatic heterocycles. The van der Waals surface area contributed by atoms with Crippen molar-refractivity contribution in [1.82, 2.24) is 9.80 Å². The van der Waals surface area contributed by atoms with E-state index in [1.807, 2.05) is 24.4 Å². The van der Waals surface area contributed by atoms with Crippen LogP contribution in [0.3, 0.4) is 0 Å². The molecule has 5 rings (SSSR count). The number of halogens is 2. The Hall–Kier alpha value is -3.78. The zero-order chi connectivity index (χ0) is 37.0. The van der Waals surface area contributed by atoms with Crippen LogP contribution in [0.25, 0.3) is 0 Å². The zero-order valence-corrected chi connectivity index (χ0v) is 32.6. The minimum atomic E-state index is -1.02. The monoisotopic (exact) mass is 743 g/mol. The molecule has 0 aromatic heterocycles. The minimum absolute atomic E-state index is 0.266.